The van der Waals surface area contributed by atoms with E-state index in [2.05, 4.69) is 21.5 Å². The zero-order chi connectivity index (χ0) is 21.1. The highest BCUT2D eigenvalue weighted by Gasteiger charge is 2.26. The van der Waals surface area contributed by atoms with Gasteiger partial charge in [-0.1, -0.05) is 0 Å². The summed E-state index contributed by atoms with van der Waals surface area (Å²) in [6.07, 6.45) is 4.88. The van der Waals surface area contributed by atoms with Gasteiger partial charge in [-0.2, -0.15) is 0 Å². The van der Waals surface area contributed by atoms with Gasteiger partial charge in [-0.3, -0.25) is 4.79 Å². The third kappa shape index (κ3) is 4.21. The van der Waals surface area contributed by atoms with Crippen LogP contribution < -0.4 is 4.74 Å². The van der Waals surface area contributed by atoms with Crippen LogP contribution in [-0.4, -0.2) is 59.3 Å². The van der Waals surface area contributed by atoms with Crippen molar-refractivity contribution in [1.82, 2.24) is 19.4 Å². The number of imidazole rings is 1. The molecule has 0 radical (unpaired) electrons. The van der Waals surface area contributed by atoms with Crippen molar-refractivity contribution in [1.29, 1.82) is 0 Å². The predicted molar refractivity (Wildman–Crippen MR) is 116 cm³/mol. The van der Waals surface area contributed by atoms with E-state index in [4.69, 9.17) is 9.47 Å². The van der Waals surface area contributed by atoms with E-state index in [1.807, 2.05) is 35.4 Å². The van der Waals surface area contributed by atoms with Crippen LogP contribution in [0.15, 0.2) is 30.5 Å². The first-order valence-corrected chi connectivity index (χ1v) is 10.5. The van der Waals surface area contributed by atoms with E-state index in [1.54, 1.807) is 14.2 Å². The molecule has 0 unspecified atom stereocenters. The van der Waals surface area contributed by atoms with E-state index in [-0.39, 0.29) is 5.91 Å². The number of likely N-dealkylation sites (tertiary alicyclic amines) is 1. The molecule has 1 aliphatic rings. The minimum absolute atomic E-state index is 0.0704. The molecule has 1 fully saturated rings. The van der Waals surface area contributed by atoms with E-state index in [0.29, 0.717) is 18.2 Å². The lowest BCUT2D eigenvalue weighted by Gasteiger charge is -2.31. The van der Waals surface area contributed by atoms with Crippen molar-refractivity contribution in [2.24, 2.45) is 5.92 Å². The Balaban J connectivity index is 1.37. The first kappa shape index (κ1) is 20.5. The number of fused-ring (bicyclic) bond motifs is 1. The van der Waals surface area contributed by atoms with Crippen molar-refractivity contribution in [3.8, 4) is 5.75 Å². The normalized spacial score (nSPS) is 15.1. The zero-order valence-electron chi connectivity index (χ0n) is 18.0. The Bertz CT molecular complexity index is 1010. The summed E-state index contributed by atoms with van der Waals surface area (Å²) in [7, 11) is 3.37. The number of aromatic amines is 1. The number of methoxy groups -OCH3 is 2. The van der Waals surface area contributed by atoms with Crippen molar-refractivity contribution in [2.75, 3.05) is 33.9 Å². The fraction of sp³-hybridized carbons (Fsp3) is 0.478. The number of H-pyrrole nitrogens is 1. The monoisotopic (exact) mass is 410 g/mol. The number of carbonyl (C=O) groups is 1. The molecule has 160 valence electrons. The van der Waals surface area contributed by atoms with Crippen LogP contribution in [0, 0.1) is 12.8 Å². The van der Waals surface area contributed by atoms with Crippen LogP contribution in [0.25, 0.3) is 10.9 Å². The van der Waals surface area contributed by atoms with Gasteiger partial charge < -0.3 is 23.9 Å². The number of piperidine rings is 1. The first-order chi connectivity index (χ1) is 14.6. The van der Waals surface area contributed by atoms with Crippen molar-refractivity contribution in [2.45, 2.75) is 32.7 Å². The molecule has 0 spiro atoms. The van der Waals surface area contributed by atoms with E-state index >= 15 is 0 Å². The second-order valence-corrected chi connectivity index (χ2v) is 8.04. The molecule has 1 saturated heterocycles. The number of carbonyl (C=O) groups excluding carboxylic acids is 1. The summed E-state index contributed by atoms with van der Waals surface area (Å²) < 4.78 is 12.8. The van der Waals surface area contributed by atoms with Crippen LogP contribution in [0.4, 0.5) is 0 Å². The topological polar surface area (TPSA) is 72.4 Å². The minimum atomic E-state index is 0.0704. The number of nitrogens with one attached hydrogen (secondary N) is 1. The van der Waals surface area contributed by atoms with Gasteiger partial charge >= 0.3 is 0 Å². The number of nitrogens with zero attached hydrogens (tertiary/aromatic N) is 3. The molecule has 7 heteroatoms. The second kappa shape index (κ2) is 8.92. The highest BCUT2D eigenvalue weighted by molar-refractivity contribution is 5.98. The average Bonchev–Trinajstić information content (AvgIpc) is 3.35. The number of aryl methyl sites for hydroxylation is 1. The maximum Gasteiger partial charge on any atom is 0.270 e. The molecule has 0 aliphatic carbocycles. The first-order valence-electron chi connectivity index (χ1n) is 10.5. The maximum atomic E-state index is 13.0. The lowest BCUT2D eigenvalue weighted by atomic mass is 9.93. The molecule has 7 nitrogen and oxygen atoms in total. The average molecular weight is 411 g/mol. The molecule has 0 saturated carbocycles. The Kier molecular flexibility index (Phi) is 6.08. The van der Waals surface area contributed by atoms with Crippen LogP contribution >= 0.6 is 0 Å². The molecule has 1 N–H and O–H groups in total. The summed E-state index contributed by atoms with van der Waals surface area (Å²) in [5, 5.41) is 1.02. The van der Waals surface area contributed by atoms with Gasteiger partial charge in [0.15, 0.2) is 0 Å². The van der Waals surface area contributed by atoms with Crippen LogP contribution in [0.2, 0.25) is 0 Å². The summed E-state index contributed by atoms with van der Waals surface area (Å²) in [5.41, 5.74) is 2.73. The second-order valence-electron chi connectivity index (χ2n) is 8.04. The highest BCUT2D eigenvalue weighted by atomic mass is 16.5. The zero-order valence-corrected chi connectivity index (χ0v) is 18.0. The number of amides is 1. The standard InChI is InChI=1S/C23H30N4O3/c1-16-15-24-22(27(16)10-11-29-2)12-17-6-8-26(9-7-17)23(28)21-13-18-4-5-19(30-3)14-20(18)25-21/h4-5,13-15,17,25H,6-12H2,1-3H3. The Hall–Kier alpha value is -2.80. The van der Waals surface area contributed by atoms with E-state index in [1.165, 1.54) is 5.69 Å². The molecular formula is C23H30N4O3. The summed E-state index contributed by atoms with van der Waals surface area (Å²) >= 11 is 0. The largest absolute Gasteiger partial charge is 0.497 e. The van der Waals surface area contributed by atoms with Crippen molar-refractivity contribution < 1.29 is 14.3 Å². The van der Waals surface area contributed by atoms with Gasteiger partial charge in [0.25, 0.3) is 5.91 Å². The number of aromatic nitrogens is 3. The van der Waals surface area contributed by atoms with Crippen LogP contribution in [-0.2, 0) is 17.7 Å². The predicted octanol–water partition coefficient (Wildman–Crippen LogP) is 3.42. The van der Waals surface area contributed by atoms with Crippen molar-refractivity contribution in [3.05, 3.63) is 47.7 Å². The molecule has 30 heavy (non-hydrogen) atoms. The molecular weight excluding hydrogens is 380 g/mol. The van der Waals surface area contributed by atoms with Gasteiger partial charge in [-0.15, -0.1) is 0 Å². The van der Waals surface area contributed by atoms with Gasteiger partial charge in [0.1, 0.15) is 17.3 Å². The SMILES string of the molecule is COCCn1c(C)cnc1CC1CCN(C(=O)c2cc3ccc(OC)cc3[nH]2)CC1. The Morgan fingerprint density at radius 1 is 1.23 bits per heavy atom. The molecule has 0 atom stereocenters. The third-order valence-corrected chi connectivity index (χ3v) is 6.09. The van der Waals surface area contributed by atoms with E-state index in [9.17, 15) is 4.79 Å². The number of rotatable bonds is 7. The lowest BCUT2D eigenvalue weighted by molar-refractivity contribution is 0.0684. The van der Waals surface area contributed by atoms with Crippen LogP contribution in [0.1, 0.15) is 34.8 Å². The smallest absolute Gasteiger partial charge is 0.270 e. The molecule has 1 amide bonds. The molecule has 3 heterocycles. The molecule has 3 aromatic rings. The lowest BCUT2D eigenvalue weighted by Crippen LogP contribution is -2.39. The number of benzene rings is 1. The van der Waals surface area contributed by atoms with Gasteiger partial charge in [-0.25, -0.2) is 4.98 Å². The number of hydrogen-bond acceptors (Lipinski definition) is 4. The maximum absolute atomic E-state index is 13.0. The van der Waals surface area contributed by atoms with Crippen molar-refractivity contribution >= 4 is 16.8 Å². The molecule has 2 aromatic heterocycles. The summed E-state index contributed by atoms with van der Waals surface area (Å²) in [6.45, 7) is 5.16. The van der Waals surface area contributed by atoms with E-state index in [0.717, 1.165) is 61.4 Å². The van der Waals surface area contributed by atoms with Gasteiger partial charge in [-0.05, 0) is 43.9 Å². The third-order valence-electron chi connectivity index (χ3n) is 6.09. The fourth-order valence-electron chi connectivity index (χ4n) is 4.28. The summed E-state index contributed by atoms with van der Waals surface area (Å²) in [4.78, 5) is 22.8. The Morgan fingerprint density at radius 3 is 2.77 bits per heavy atom. The van der Waals surface area contributed by atoms with Crippen LogP contribution in [0.5, 0.6) is 5.75 Å². The minimum Gasteiger partial charge on any atom is -0.497 e. The molecule has 0 bridgehead atoms. The van der Waals surface area contributed by atoms with Crippen molar-refractivity contribution in [3.63, 3.8) is 0 Å². The fourth-order valence-corrected chi connectivity index (χ4v) is 4.28. The van der Waals surface area contributed by atoms with E-state index < -0.39 is 0 Å². The Labute approximate surface area is 177 Å². The van der Waals surface area contributed by atoms with Gasteiger partial charge in [0.05, 0.1) is 13.7 Å². The Morgan fingerprint density at radius 2 is 2.03 bits per heavy atom. The van der Waals surface area contributed by atoms with Gasteiger partial charge in [0.2, 0.25) is 0 Å². The van der Waals surface area contributed by atoms with Gasteiger partial charge in [0, 0.05) is 62.0 Å². The summed E-state index contributed by atoms with van der Waals surface area (Å²) in [5.74, 6) is 2.52. The number of ether oxygens (including phenoxy) is 2. The molecule has 1 aliphatic heterocycles. The number of hydrogen-bond donors (Lipinski definition) is 1. The molecule has 1 aromatic carbocycles. The highest BCUT2D eigenvalue weighted by Crippen LogP contribution is 2.25. The molecule has 4 rings (SSSR count). The summed E-state index contributed by atoms with van der Waals surface area (Å²) in [6, 6.07) is 7.74. The quantitative estimate of drug-likeness (QED) is 0.648. The van der Waals surface area contributed by atoms with Crippen LogP contribution in [0.3, 0.4) is 0 Å².